The quantitative estimate of drug-likeness (QED) is 0.761. The van der Waals surface area contributed by atoms with Crippen LogP contribution in [-0.2, 0) is 4.79 Å². The summed E-state index contributed by atoms with van der Waals surface area (Å²) in [5.41, 5.74) is -0.229. The monoisotopic (exact) mass is 266 g/mol. The van der Waals surface area contributed by atoms with Gasteiger partial charge in [0.05, 0.1) is 5.60 Å². The fourth-order valence-electron chi connectivity index (χ4n) is 4.46. The van der Waals surface area contributed by atoms with E-state index in [1.54, 1.807) is 0 Å². The predicted octanol–water partition coefficient (Wildman–Crippen LogP) is 4.10. The summed E-state index contributed by atoms with van der Waals surface area (Å²) in [5, 5.41) is 9.74. The number of aliphatic hydroxyl groups is 1. The number of Topliss-reactive ketones (excluding diaryl/α,β-unsaturated/α-hetero) is 1. The van der Waals surface area contributed by atoms with Crippen molar-refractivity contribution < 1.29 is 9.90 Å². The van der Waals surface area contributed by atoms with Crippen LogP contribution in [0.15, 0.2) is 0 Å². The second kappa shape index (κ2) is 5.55. The van der Waals surface area contributed by atoms with Crippen molar-refractivity contribution in [2.24, 2.45) is 17.3 Å². The largest absolute Gasteiger partial charge is 0.390 e. The van der Waals surface area contributed by atoms with Crippen molar-refractivity contribution in [3.8, 4) is 0 Å². The molecular formula is C17H30O2. The number of ketones is 1. The van der Waals surface area contributed by atoms with Gasteiger partial charge in [0.25, 0.3) is 0 Å². The molecule has 0 aromatic heterocycles. The highest BCUT2D eigenvalue weighted by Gasteiger charge is 2.50. The lowest BCUT2D eigenvalue weighted by Gasteiger charge is -2.40. The molecule has 3 atom stereocenters. The highest BCUT2D eigenvalue weighted by atomic mass is 16.3. The van der Waals surface area contributed by atoms with Crippen LogP contribution in [0.1, 0.15) is 78.6 Å². The van der Waals surface area contributed by atoms with E-state index in [2.05, 4.69) is 6.92 Å². The third kappa shape index (κ3) is 3.39. The average Bonchev–Trinajstić information content (AvgIpc) is 2.62. The molecule has 2 aliphatic rings. The highest BCUT2D eigenvalue weighted by Crippen LogP contribution is 2.55. The van der Waals surface area contributed by atoms with E-state index in [4.69, 9.17) is 0 Å². The van der Waals surface area contributed by atoms with Gasteiger partial charge in [-0.3, -0.25) is 4.79 Å². The molecule has 1 N–H and O–H groups in total. The summed E-state index contributed by atoms with van der Waals surface area (Å²) >= 11 is 0. The predicted molar refractivity (Wildman–Crippen MR) is 77.9 cm³/mol. The summed E-state index contributed by atoms with van der Waals surface area (Å²) in [6, 6.07) is 0. The van der Waals surface area contributed by atoms with Gasteiger partial charge in [-0.2, -0.15) is 0 Å². The third-order valence-electron chi connectivity index (χ3n) is 5.65. The summed E-state index contributed by atoms with van der Waals surface area (Å²) < 4.78 is 0. The van der Waals surface area contributed by atoms with Crippen molar-refractivity contribution in [2.45, 2.75) is 84.2 Å². The minimum atomic E-state index is -0.525. The van der Waals surface area contributed by atoms with E-state index < -0.39 is 5.60 Å². The molecule has 0 radical (unpaired) electrons. The van der Waals surface area contributed by atoms with Crippen LogP contribution in [-0.4, -0.2) is 16.5 Å². The van der Waals surface area contributed by atoms with Crippen molar-refractivity contribution in [3.05, 3.63) is 0 Å². The number of carbonyl (C=O) groups is 1. The molecule has 2 saturated carbocycles. The van der Waals surface area contributed by atoms with Crippen molar-refractivity contribution in [1.82, 2.24) is 0 Å². The third-order valence-corrected chi connectivity index (χ3v) is 5.65. The van der Waals surface area contributed by atoms with Crippen LogP contribution in [0.5, 0.6) is 0 Å². The molecule has 0 aromatic carbocycles. The van der Waals surface area contributed by atoms with Crippen LogP contribution in [0.2, 0.25) is 0 Å². The molecule has 2 fully saturated rings. The van der Waals surface area contributed by atoms with Gasteiger partial charge >= 0.3 is 0 Å². The van der Waals surface area contributed by atoms with Gasteiger partial charge in [0.15, 0.2) is 0 Å². The summed E-state index contributed by atoms with van der Waals surface area (Å²) in [5.74, 6) is 1.64. The lowest BCUT2D eigenvalue weighted by Crippen LogP contribution is -2.37. The Labute approximate surface area is 118 Å². The lowest BCUT2D eigenvalue weighted by molar-refractivity contribution is -0.129. The maximum Gasteiger partial charge on any atom is 0.136 e. The summed E-state index contributed by atoms with van der Waals surface area (Å²) in [6.07, 6.45) is 9.99. The SMILES string of the molecule is CC(C)(O)CCCCC1CC[C@H]2C(=O)CCC[C@]12C. The van der Waals surface area contributed by atoms with Crippen LogP contribution < -0.4 is 0 Å². The first-order valence-electron chi connectivity index (χ1n) is 8.08. The van der Waals surface area contributed by atoms with Crippen LogP contribution in [0.25, 0.3) is 0 Å². The van der Waals surface area contributed by atoms with Gasteiger partial charge < -0.3 is 5.11 Å². The van der Waals surface area contributed by atoms with Crippen LogP contribution in [0, 0.1) is 17.3 Å². The van der Waals surface area contributed by atoms with Gasteiger partial charge in [-0.25, -0.2) is 0 Å². The average molecular weight is 266 g/mol. The standard InChI is InChI=1S/C17H30O2/c1-16(2,19)11-5-4-7-13-9-10-14-15(18)8-6-12-17(13,14)3/h13-14,19H,4-12H2,1-3H3/t13?,14-,17+/m0/s1. The zero-order valence-electron chi connectivity index (χ0n) is 12.9. The fraction of sp³-hybridized carbons (Fsp3) is 0.941. The van der Waals surface area contributed by atoms with Crippen LogP contribution in [0.3, 0.4) is 0 Å². The zero-order valence-corrected chi connectivity index (χ0v) is 12.9. The highest BCUT2D eigenvalue weighted by molar-refractivity contribution is 5.83. The normalized spacial score (nSPS) is 35.5. The van der Waals surface area contributed by atoms with Gasteiger partial charge in [0.2, 0.25) is 0 Å². The molecule has 2 nitrogen and oxygen atoms in total. The maximum absolute atomic E-state index is 12.1. The number of unbranched alkanes of at least 4 members (excludes halogenated alkanes) is 1. The van der Waals surface area contributed by atoms with Gasteiger partial charge in [0, 0.05) is 12.3 Å². The topological polar surface area (TPSA) is 37.3 Å². The Morgan fingerprint density at radius 3 is 2.74 bits per heavy atom. The van der Waals surface area contributed by atoms with Crippen molar-refractivity contribution >= 4 is 5.78 Å². The molecular weight excluding hydrogens is 236 g/mol. The summed E-state index contributed by atoms with van der Waals surface area (Å²) in [7, 11) is 0. The molecule has 0 bridgehead atoms. The van der Waals surface area contributed by atoms with E-state index in [9.17, 15) is 9.90 Å². The van der Waals surface area contributed by atoms with E-state index in [-0.39, 0.29) is 0 Å². The number of rotatable bonds is 5. The molecule has 0 heterocycles. The first kappa shape index (κ1) is 15.0. The first-order chi connectivity index (χ1) is 8.83. The lowest BCUT2D eigenvalue weighted by atomic mass is 9.64. The molecule has 1 unspecified atom stereocenters. The maximum atomic E-state index is 12.1. The van der Waals surface area contributed by atoms with E-state index in [0.717, 1.165) is 38.0 Å². The minimum absolute atomic E-state index is 0.296. The Morgan fingerprint density at radius 1 is 1.32 bits per heavy atom. The van der Waals surface area contributed by atoms with E-state index in [1.807, 2.05) is 13.8 Å². The second-order valence-corrected chi connectivity index (χ2v) is 7.71. The molecule has 0 amide bonds. The molecule has 0 aliphatic heterocycles. The van der Waals surface area contributed by atoms with E-state index in [0.29, 0.717) is 17.1 Å². The fourth-order valence-corrected chi connectivity index (χ4v) is 4.46. The molecule has 2 rings (SSSR count). The van der Waals surface area contributed by atoms with Gasteiger partial charge in [-0.15, -0.1) is 0 Å². The van der Waals surface area contributed by atoms with Crippen LogP contribution in [0.4, 0.5) is 0 Å². The molecule has 0 spiro atoms. The number of fused-ring (bicyclic) bond motifs is 1. The Morgan fingerprint density at radius 2 is 2.05 bits per heavy atom. The number of hydrogen-bond donors (Lipinski definition) is 1. The zero-order chi connectivity index (χ0) is 14.1. The van der Waals surface area contributed by atoms with Crippen LogP contribution >= 0.6 is 0 Å². The Hall–Kier alpha value is -0.370. The first-order valence-corrected chi connectivity index (χ1v) is 8.08. The van der Waals surface area contributed by atoms with Gasteiger partial charge in [-0.05, 0) is 63.7 Å². The molecule has 2 aliphatic carbocycles. The smallest absolute Gasteiger partial charge is 0.136 e. The number of carbonyl (C=O) groups excluding carboxylic acids is 1. The van der Waals surface area contributed by atoms with Crippen molar-refractivity contribution in [2.75, 3.05) is 0 Å². The molecule has 110 valence electrons. The molecule has 0 saturated heterocycles. The van der Waals surface area contributed by atoms with Gasteiger partial charge in [0.1, 0.15) is 5.78 Å². The molecule has 2 heteroatoms. The second-order valence-electron chi connectivity index (χ2n) is 7.71. The van der Waals surface area contributed by atoms with E-state index in [1.165, 1.54) is 25.7 Å². The Kier molecular flexibility index (Phi) is 4.39. The van der Waals surface area contributed by atoms with Crippen molar-refractivity contribution in [3.63, 3.8) is 0 Å². The van der Waals surface area contributed by atoms with Gasteiger partial charge in [-0.1, -0.05) is 19.8 Å². The minimum Gasteiger partial charge on any atom is -0.390 e. The Bertz CT molecular complexity index is 329. The van der Waals surface area contributed by atoms with Crippen molar-refractivity contribution in [1.29, 1.82) is 0 Å². The summed E-state index contributed by atoms with van der Waals surface area (Å²) in [4.78, 5) is 12.1. The molecule has 19 heavy (non-hydrogen) atoms. The number of hydrogen-bond acceptors (Lipinski definition) is 2. The Balaban J connectivity index is 1.83. The molecule has 0 aromatic rings. The summed E-state index contributed by atoms with van der Waals surface area (Å²) in [6.45, 7) is 6.14. The van der Waals surface area contributed by atoms with E-state index >= 15 is 0 Å².